The highest BCUT2D eigenvalue weighted by molar-refractivity contribution is 6.30. The number of benzene rings is 1. The van der Waals surface area contributed by atoms with Crippen LogP contribution in [0.1, 0.15) is 46.5 Å². The number of nitrogens with zero attached hydrogens (tertiary/aromatic N) is 2. The number of halogens is 1. The standard InChI is InChI=1S/C22H23ClN2O3/c1-13-12-28-19(14(13)2)20(26)24-10-18-9-17(24)11-25(18)21(27)22(6-7-22)15-4-3-5-16(23)8-15/h3-5,8,12,17-18H,6-7,9-11H2,1-2H3/t17-,18-/m0/s1. The Labute approximate surface area is 169 Å². The third-order valence-electron chi connectivity index (χ3n) is 6.78. The zero-order valence-electron chi connectivity index (χ0n) is 16.1. The normalized spacial score (nSPS) is 24.7. The fourth-order valence-corrected chi connectivity index (χ4v) is 5.01. The van der Waals surface area contributed by atoms with E-state index in [2.05, 4.69) is 0 Å². The summed E-state index contributed by atoms with van der Waals surface area (Å²) in [6.45, 7) is 5.05. The fourth-order valence-electron chi connectivity index (χ4n) is 4.82. The SMILES string of the molecule is Cc1coc(C(=O)N2C[C@@H]3C[C@H]2CN3C(=O)C2(c3cccc(Cl)c3)CC2)c1C. The molecule has 1 saturated carbocycles. The maximum atomic E-state index is 13.4. The number of aryl methyl sites for hydroxylation is 1. The molecule has 28 heavy (non-hydrogen) atoms. The van der Waals surface area contributed by atoms with Gasteiger partial charge in [0.2, 0.25) is 5.91 Å². The summed E-state index contributed by atoms with van der Waals surface area (Å²) in [5.41, 5.74) is 2.49. The molecule has 6 heteroatoms. The van der Waals surface area contributed by atoms with Gasteiger partial charge in [0.25, 0.3) is 5.91 Å². The Bertz CT molecular complexity index is 978. The van der Waals surface area contributed by atoms with E-state index in [4.69, 9.17) is 16.0 Å². The lowest BCUT2D eigenvalue weighted by atomic mass is 9.94. The van der Waals surface area contributed by atoms with E-state index >= 15 is 0 Å². The molecule has 0 spiro atoms. The maximum absolute atomic E-state index is 13.4. The molecule has 0 N–H and O–H groups in total. The van der Waals surface area contributed by atoms with Crippen LogP contribution in [-0.4, -0.2) is 46.8 Å². The molecule has 0 unspecified atom stereocenters. The Morgan fingerprint density at radius 2 is 1.86 bits per heavy atom. The lowest BCUT2D eigenvalue weighted by molar-refractivity contribution is -0.136. The molecule has 2 aromatic rings. The monoisotopic (exact) mass is 398 g/mol. The Kier molecular flexibility index (Phi) is 3.89. The number of hydrogen-bond donors (Lipinski definition) is 0. The summed E-state index contributed by atoms with van der Waals surface area (Å²) in [5.74, 6) is 0.570. The maximum Gasteiger partial charge on any atom is 0.290 e. The van der Waals surface area contributed by atoms with Crippen LogP contribution in [0.15, 0.2) is 34.9 Å². The van der Waals surface area contributed by atoms with E-state index in [1.54, 1.807) is 6.26 Å². The van der Waals surface area contributed by atoms with E-state index in [-0.39, 0.29) is 23.9 Å². The molecular formula is C22H23ClN2O3. The van der Waals surface area contributed by atoms with Crippen molar-refractivity contribution in [2.24, 2.45) is 0 Å². The van der Waals surface area contributed by atoms with Crippen molar-refractivity contribution in [1.82, 2.24) is 9.80 Å². The summed E-state index contributed by atoms with van der Waals surface area (Å²) in [6.07, 6.45) is 4.22. The van der Waals surface area contributed by atoms with Gasteiger partial charge in [-0.05, 0) is 56.4 Å². The van der Waals surface area contributed by atoms with Gasteiger partial charge in [0.15, 0.2) is 5.76 Å². The molecule has 146 valence electrons. The zero-order chi connectivity index (χ0) is 19.6. The molecule has 5 rings (SSSR count). The van der Waals surface area contributed by atoms with Gasteiger partial charge in [0.05, 0.1) is 23.8 Å². The van der Waals surface area contributed by atoms with E-state index in [0.717, 1.165) is 36.0 Å². The largest absolute Gasteiger partial charge is 0.459 e. The third-order valence-corrected chi connectivity index (χ3v) is 7.01. The first kappa shape index (κ1) is 17.8. The molecule has 1 aromatic heterocycles. The number of amides is 2. The first-order chi connectivity index (χ1) is 13.4. The van der Waals surface area contributed by atoms with Gasteiger partial charge < -0.3 is 14.2 Å². The molecule has 3 heterocycles. The number of carbonyl (C=O) groups is 2. The minimum absolute atomic E-state index is 0.0545. The molecule has 2 aliphatic heterocycles. The lowest BCUT2D eigenvalue weighted by Gasteiger charge is -2.36. The highest BCUT2D eigenvalue weighted by atomic mass is 35.5. The van der Waals surface area contributed by atoms with E-state index in [1.165, 1.54) is 0 Å². The highest BCUT2D eigenvalue weighted by Gasteiger charge is 2.57. The van der Waals surface area contributed by atoms with Crippen molar-refractivity contribution < 1.29 is 14.0 Å². The first-order valence-corrected chi connectivity index (χ1v) is 10.2. The Balaban J connectivity index is 1.33. The van der Waals surface area contributed by atoms with Crippen molar-refractivity contribution >= 4 is 23.4 Å². The number of fused-ring (bicyclic) bond motifs is 2. The first-order valence-electron chi connectivity index (χ1n) is 9.83. The molecule has 0 radical (unpaired) electrons. The van der Waals surface area contributed by atoms with Crippen LogP contribution in [0.2, 0.25) is 5.02 Å². The molecule has 3 aliphatic rings. The summed E-state index contributed by atoms with van der Waals surface area (Å²) in [4.78, 5) is 30.2. The summed E-state index contributed by atoms with van der Waals surface area (Å²) >= 11 is 6.15. The average molecular weight is 399 g/mol. The molecule has 1 aromatic carbocycles. The van der Waals surface area contributed by atoms with Crippen molar-refractivity contribution in [3.63, 3.8) is 0 Å². The molecular weight excluding hydrogens is 376 g/mol. The van der Waals surface area contributed by atoms with Crippen LogP contribution >= 0.6 is 11.6 Å². The number of rotatable bonds is 3. The number of hydrogen-bond acceptors (Lipinski definition) is 3. The summed E-state index contributed by atoms with van der Waals surface area (Å²) < 4.78 is 5.50. The number of carbonyl (C=O) groups excluding carboxylic acids is 2. The van der Waals surface area contributed by atoms with Crippen LogP contribution < -0.4 is 0 Å². The number of furan rings is 1. The van der Waals surface area contributed by atoms with Gasteiger partial charge in [0, 0.05) is 23.7 Å². The van der Waals surface area contributed by atoms with E-state index in [1.807, 2.05) is 47.9 Å². The van der Waals surface area contributed by atoms with E-state index < -0.39 is 5.41 Å². The Morgan fingerprint density at radius 1 is 1.14 bits per heavy atom. The number of likely N-dealkylation sites (tertiary alicyclic amines) is 2. The summed E-state index contributed by atoms with van der Waals surface area (Å²) in [6, 6.07) is 7.83. The molecule has 3 fully saturated rings. The Hall–Kier alpha value is -2.27. The third kappa shape index (κ3) is 2.52. The van der Waals surface area contributed by atoms with Crippen LogP contribution in [0.3, 0.4) is 0 Å². The molecule has 2 bridgehead atoms. The smallest absolute Gasteiger partial charge is 0.290 e. The van der Waals surface area contributed by atoms with Gasteiger partial charge in [-0.1, -0.05) is 23.7 Å². The topological polar surface area (TPSA) is 53.8 Å². The van der Waals surface area contributed by atoms with Crippen LogP contribution in [0, 0.1) is 13.8 Å². The summed E-state index contributed by atoms with van der Waals surface area (Å²) in [7, 11) is 0. The van der Waals surface area contributed by atoms with Crippen LogP contribution in [0.5, 0.6) is 0 Å². The molecule has 5 nitrogen and oxygen atoms in total. The van der Waals surface area contributed by atoms with Gasteiger partial charge in [-0.3, -0.25) is 9.59 Å². The van der Waals surface area contributed by atoms with Crippen LogP contribution in [-0.2, 0) is 10.2 Å². The number of piperazine rings is 1. The van der Waals surface area contributed by atoms with Gasteiger partial charge in [-0.15, -0.1) is 0 Å². The zero-order valence-corrected chi connectivity index (χ0v) is 16.8. The van der Waals surface area contributed by atoms with Crippen molar-refractivity contribution in [1.29, 1.82) is 0 Å². The second kappa shape index (κ2) is 6.11. The van der Waals surface area contributed by atoms with Crippen LogP contribution in [0.4, 0.5) is 0 Å². The predicted molar refractivity (Wildman–Crippen MR) is 105 cm³/mol. The van der Waals surface area contributed by atoms with Crippen molar-refractivity contribution in [2.75, 3.05) is 13.1 Å². The van der Waals surface area contributed by atoms with E-state index in [0.29, 0.717) is 23.9 Å². The van der Waals surface area contributed by atoms with Gasteiger partial charge >= 0.3 is 0 Å². The van der Waals surface area contributed by atoms with Crippen molar-refractivity contribution in [2.45, 2.75) is 50.6 Å². The lowest BCUT2D eigenvalue weighted by Crippen LogP contribution is -2.53. The fraction of sp³-hybridized carbons (Fsp3) is 0.455. The minimum atomic E-state index is -0.418. The average Bonchev–Trinajstić information content (AvgIpc) is 3.08. The highest BCUT2D eigenvalue weighted by Crippen LogP contribution is 2.51. The van der Waals surface area contributed by atoms with Gasteiger partial charge in [0.1, 0.15) is 0 Å². The second-order valence-electron chi connectivity index (χ2n) is 8.42. The van der Waals surface area contributed by atoms with E-state index in [9.17, 15) is 9.59 Å². The van der Waals surface area contributed by atoms with Crippen LogP contribution in [0.25, 0.3) is 0 Å². The molecule has 2 saturated heterocycles. The molecule has 2 atom stereocenters. The minimum Gasteiger partial charge on any atom is -0.459 e. The molecule has 2 amide bonds. The second-order valence-corrected chi connectivity index (χ2v) is 8.86. The van der Waals surface area contributed by atoms with Crippen molar-refractivity contribution in [3.8, 4) is 0 Å². The van der Waals surface area contributed by atoms with Crippen molar-refractivity contribution in [3.05, 3.63) is 58.0 Å². The van der Waals surface area contributed by atoms with Gasteiger partial charge in [-0.2, -0.15) is 0 Å². The predicted octanol–water partition coefficient (Wildman–Crippen LogP) is 3.71. The quantitative estimate of drug-likeness (QED) is 0.792. The Morgan fingerprint density at radius 3 is 2.43 bits per heavy atom. The molecule has 1 aliphatic carbocycles. The summed E-state index contributed by atoms with van der Waals surface area (Å²) in [5, 5.41) is 0.667. The van der Waals surface area contributed by atoms with Gasteiger partial charge in [-0.25, -0.2) is 0 Å².